The van der Waals surface area contributed by atoms with Crippen LogP contribution in [0.25, 0.3) is 10.9 Å². The summed E-state index contributed by atoms with van der Waals surface area (Å²) < 4.78 is 1.16. The van der Waals surface area contributed by atoms with Crippen molar-refractivity contribution in [1.29, 1.82) is 0 Å². The Morgan fingerprint density at radius 3 is 2.27 bits per heavy atom. The van der Waals surface area contributed by atoms with E-state index in [2.05, 4.69) is 23.2 Å². The number of rotatable bonds is 0. The van der Waals surface area contributed by atoms with Crippen LogP contribution < -0.4 is 3.71 Å². The molecule has 0 aliphatic rings. The van der Waals surface area contributed by atoms with Gasteiger partial charge in [0.15, 0.2) is 0 Å². The molecule has 0 aliphatic carbocycles. The molecule has 1 aromatic carbocycles. The van der Waals surface area contributed by atoms with E-state index in [1.807, 2.05) is 44.2 Å². The van der Waals surface area contributed by atoms with E-state index >= 15 is 0 Å². The molecule has 0 aliphatic heterocycles. The van der Waals surface area contributed by atoms with Gasteiger partial charge in [-0.25, -0.2) is 0 Å². The number of pyridine rings is 1. The summed E-state index contributed by atoms with van der Waals surface area (Å²) in [6.45, 7) is 0. The van der Waals surface area contributed by atoms with Gasteiger partial charge in [0.2, 0.25) is 0 Å². The first-order valence-corrected chi connectivity index (χ1v) is 6.20. The number of hydrogen-bond donors (Lipinski definition) is 0. The Labute approximate surface area is 104 Å². The van der Waals surface area contributed by atoms with Crippen molar-refractivity contribution in [3.63, 3.8) is 0 Å². The van der Waals surface area contributed by atoms with E-state index in [1.165, 1.54) is 27.9 Å². The van der Waals surface area contributed by atoms with Crippen LogP contribution in [0.5, 0.6) is 0 Å². The van der Waals surface area contributed by atoms with Gasteiger partial charge < -0.3 is 4.90 Å². The summed E-state index contributed by atoms with van der Waals surface area (Å²) in [6, 6.07) is 12.4. The van der Waals surface area contributed by atoms with Crippen molar-refractivity contribution in [2.45, 2.75) is 0 Å². The molecule has 1 heterocycles. The van der Waals surface area contributed by atoms with Gasteiger partial charge in [-0.15, -0.1) is 0 Å². The van der Waals surface area contributed by atoms with E-state index in [0.29, 0.717) is 0 Å². The van der Waals surface area contributed by atoms with Gasteiger partial charge in [0.05, 0.1) is 0 Å². The first-order chi connectivity index (χ1) is 7.09. The normalized spacial score (nSPS) is 9.93. The van der Waals surface area contributed by atoms with Crippen LogP contribution >= 0.6 is 0 Å². The topological polar surface area (TPSA) is 16.1 Å². The molecule has 0 bridgehead atoms. The van der Waals surface area contributed by atoms with Gasteiger partial charge in [-0.3, -0.25) is 0 Å². The maximum atomic E-state index is 4.42. The summed E-state index contributed by atoms with van der Waals surface area (Å²) in [7, 11) is 6.00. The Kier molecular flexibility index (Phi) is 5.05. The molecule has 0 unspecified atom stereocenters. The van der Waals surface area contributed by atoms with Crippen molar-refractivity contribution >= 4 is 37.1 Å². The average molecular weight is 306 g/mol. The number of fused-ring (bicyclic) bond motifs is 1. The van der Waals surface area contributed by atoms with Gasteiger partial charge in [-0.1, -0.05) is 0 Å². The standard InChI is InChI=1S/C9H6N.C3H9N.Sn/c1-2-6-9-8(4-1)5-3-7-10-9;1-4(2)3;/h1-6H;1-3H3;. The van der Waals surface area contributed by atoms with Crippen LogP contribution in [0.2, 0.25) is 0 Å². The fourth-order valence-corrected chi connectivity index (χ4v) is 1.65. The van der Waals surface area contributed by atoms with Crippen molar-refractivity contribution in [3.8, 4) is 0 Å². The first kappa shape index (κ1) is 12.5. The van der Waals surface area contributed by atoms with Gasteiger partial charge in [0.25, 0.3) is 0 Å². The molecular weight excluding hydrogens is 291 g/mol. The van der Waals surface area contributed by atoms with Crippen molar-refractivity contribution in [2.24, 2.45) is 0 Å². The predicted molar refractivity (Wildman–Crippen MR) is 66.7 cm³/mol. The van der Waals surface area contributed by atoms with E-state index in [0.717, 1.165) is 9.23 Å². The zero-order chi connectivity index (χ0) is 11.3. The Balaban J connectivity index is 0.000000245. The number of hydrogen-bond acceptors (Lipinski definition) is 2. The second-order valence-electron chi connectivity index (χ2n) is 3.73. The number of nitrogens with zero attached hydrogens (tertiary/aromatic N) is 2. The van der Waals surface area contributed by atoms with E-state index in [1.54, 1.807) is 0 Å². The third-order valence-corrected chi connectivity index (χ3v) is 2.39. The van der Waals surface area contributed by atoms with Crippen LogP contribution in [-0.2, 0) is 0 Å². The van der Waals surface area contributed by atoms with E-state index in [4.69, 9.17) is 0 Å². The Bertz CT molecular complexity index is 424. The van der Waals surface area contributed by atoms with Crippen LogP contribution in [0.4, 0.5) is 0 Å². The second-order valence-corrected chi connectivity index (χ2v) is 5.19. The van der Waals surface area contributed by atoms with Crippen molar-refractivity contribution < 1.29 is 0 Å². The summed E-state index contributed by atoms with van der Waals surface area (Å²) in [5.74, 6) is 0. The predicted octanol–water partition coefficient (Wildman–Crippen LogP) is 1.21. The SMILES string of the molecule is CN(C)C.[Sn][c]1ccc2ccccc2n1. The second kappa shape index (κ2) is 6.08. The van der Waals surface area contributed by atoms with Gasteiger partial charge in [0, 0.05) is 0 Å². The van der Waals surface area contributed by atoms with Gasteiger partial charge in [-0.05, 0) is 21.1 Å². The number of aromatic nitrogens is 1. The zero-order valence-corrected chi connectivity index (χ0v) is 12.2. The molecule has 0 saturated carbocycles. The Morgan fingerprint density at radius 1 is 1.00 bits per heavy atom. The molecule has 15 heavy (non-hydrogen) atoms. The molecule has 77 valence electrons. The molecule has 0 N–H and O–H groups in total. The van der Waals surface area contributed by atoms with E-state index in [-0.39, 0.29) is 0 Å². The molecule has 0 atom stereocenters. The molecule has 3 radical (unpaired) electrons. The Hall–Kier alpha value is -0.611. The van der Waals surface area contributed by atoms with Crippen LogP contribution in [-0.4, -0.2) is 53.6 Å². The third-order valence-electron chi connectivity index (χ3n) is 1.60. The van der Waals surface area contributed by atoms with E-state index < -0.39 is 0 Å². The quantitative estimate of drug-likeness (QED) is 0.680. The summed E-state index contributed by atoms with van der Waals surface area (Å²) in [5, 5.41) is 1.22. The van der Waals surface area contributed by atoms with Crippen LogP contribution in [0.3, 0.4) is 0 Å². The van der Waals surface area contributed by atoms with Crippen molar-refractivity contribution in [2.75, 3.05) is 21.1 Å². The minimum absolute atomic E-state index is 1.10. The van der Waals surface area contributed by atoms with Crippen molar-refractivity contribution in [1.82, 2.24) is 9.88 Å². The molecule has 2 nitrogen and oxygen atoms in total. The first-order valence-electron chi connectivity index (χ1n) is 4.78. The molecule has 2 rings (SSSR count). The molecule has 0 fully saturated rings. The molecule has 0 spiro atoms. The van der Waals surface area contributed by atoms with Gasteiger partial charge in [-0.2, -0.15) is 0 Å². The van der Waals surface area contributed by atoms with Crippen LogP contribution in [0.15, 0.2) is 36.4 Å². The monoisotopic (exact) mass is 307 g/mol. The molecule has 2 aromatic rings. The molecule has 1 aromatic heterocycles. The van der Waals surface area contributed by atoms with Crippen LogP contribution in [0.1, 0.15) is 0 Å². The average Bonchev–Trinajstić information content (AvgIpc) is 2.16. The molecule has 3 heteroatoms. The zero-order valence-electron chi connectivity index (χ0n) is 9.36. The summed E-state index contributed by atoms with van der Waals surface area (Å²) in [6.07, 6.45) is 0. The summed E-state index contributed by atoms with van der Waals surface area (Å²) in [4.78, 5) is 6.42. The van der Waals surface area contributed by atoms with Crippen molar-refractivity contribution in [3.05, 3.63) is 36.4 Å². The molecular formula is C12H15N2Sn. The van der Waals surface area contributed by atoms with E-state index in [9.17, 15) is 0 Å². The summed E-state index contributed by atoms with van der Waals surface area (Å²) in [5.41, 5.74) is 1.10. The third kappa shape index (κ3) is 4.62. The Morgan fingerprint density at radius 2 is 1.60 bits per heavy atom. The minimum atomic E-state index is 1.10. The van der Waals surface area contributed by atoms with Gasteiger partial charge in [0.1, 0.15) is 0 Å². The fourth-order valence-electron chi connectivity index (χ4n) is 1.07. The molecule has 0 saturated heterocycles. The maximum absolute atomic E-state index is 4.42. The van der Waals surface area contributed by atoms with Crippen LogP contribution in [0, 0.1) is 0 Å². The number of para-hydroxylation sites is 1. The fraction of sp³-hybridized carbons (Fsp3) is 0.250. The summed E-state index contributed by atoms with van der Waals surface area (Å²) >= 11 is 1.38. The number of benzene rings is 1. The van der Waals surface area contributed by atoms with Gasteiger partial charge >= 0.3 is 78.5 Å². The molecule has 0 amide bonds.